The number of hydrogen-bond donors (Lipinski definition) is 3. The SMILES string of the molecule is CN(C)CCN=C/C(=C\N)c1ccc(-c2ccc(F)nc2)c(N2CCC(C(=N)N(C)C=N)CC2)c1C#N. The first-order valence-corrected chi connectivity index (χ1v) is 12.1. The molecule has 2 aromatic rings. The van der Waals surface area contributed by atoms with Gasteiger partial charge in [-0.25, -0.2) is 4.98 Å². The number of likely N-dealkylation sites (N-methyl/N-ethyl adjacent to an activating group) is 1. The molecule has 1 saturated heterocycles. The third-order valence-corrected chi connectivity index (χ3v) is 6.50. The molecule has 1 aromatic carbocycles. The predicted molar refractivity (Wildman–Crippen MR) is 148 cm³/mol. The van der Waals surface area contributed by atoms with Crippen molar-refractivity contribution >= 4 is 29.6 Å². The van der Waals surface area contributed by atoms with Crippen LogP contribution in [0.25, 0.3) is 16.7 Å². The fourth-order valence-electron chi connectivity index (χ4n) is 4.40. The number of pyridine rings is 1. The number of aliphatic imine (C=N–C) groups is 1. The lowest BCUT2D eigenvalue weighted by Gasteiger charge is -2.37. The van der Waals surface area contributed by atoms with E-state index in [2.05, 4.69) is 20.9 Å². The molecule has 0 radical (unpaired) electrons. The van der Waals surface area contributed by atoms with Crippen LogP contribution in [0.2, 0.25) is 0 Å². The molecule has 9 nitrogen and oxygen atoms in total. The minimum atomic E-state index is -0.570. The fourth-order valence-corrected chi connectivity index (χ4v) is 4.40. The number of anilines is 1. The maximum atomic E-state index is 13.6. The van der Waals surface area contributed by atoms with Crippen LogP contribution < -0.4 is 10.6 Å². The molecule has 0 atom stereocenters. The number of amidine groups is 1. The maximum absolute atomic E-state index is 13.6. The summed E-state index contributed by atoms with van der Waals surface area (Å²) in [6, 6.07) is 9.11. The van der Waals surface area contributed by atoms with Gasteiger partial charge in [0.05, 0.1) is 24.1 Å². The van der Waals surface area contributed by atoms with E-state index in [4.69, 9.17) is 16.6 Å². The first-order chi connectivity index (χ1) is 17.8. The van der Waals surface area contributed by atoms with Crippen LogP contribution in [0.15, 0.2) is 41.7 Å². The Labute approximate surface area is 217 Å². The normalized spacial score (nSPS) is 14.7. The highest BCUT2D eigenvalue weighted by atomic mass is 19.1. The molecule has 10 heteroatoms. The Balaban J connectivity index is 2.04. The third kappa shape index (κ3) is 6.57. The van der Waals surface area contributed by atoms with Gasteiger partial charge in [-0.2, -0.15) is 9.65 Å². The molecule has 0 saturated carbocycles. The smallest absolute Gasteiger partial charge is 0.212 e. The monoisotopic (exact) mass is 503 g/mol. The van der Waals surface area contributed by atoms with Crippen molar-refractivity contribution in [1.29, 1.82) is 16.1 Å². The molecule has 1 aromatic heterocycles. The molecule has 0 spiro atoms. The van der Waals surface area contributed by atoms with Crippen LogP contribution in [-0.4, -0.2) is 80.5 Å². The van der Waals surface area contributed by atoms with Gasteiger partial charge in [-0.15, -0.1) is 0 Å². The summed E-state index contributed by atoms with van der Waals surface area (Å²) >= 11 is 0. The van der Waals surface area contributed by atoms with Gasteiger partial charge in [0.1, 0.15) is 11.9 Å². The summed E-state index contributed by atoms with van der Waals surface area (Å²) in [5, 5.41) is 26.2. The van der Waals surface area contributed by atoms with Crippen LogP contribution in [0.5, 0.6) is 0 Å². The second kappa shape index (κ2) is 12.7. The summed E-state index contributed by atoms with van der Waals surface area (Å²) in [5.74, 6) is -0.135. The summed E-state index contributed by atoms with van der Waals surface area (Å²) < 4.78 is 13.6. The van der Waals surface area contributed by atoms with E-state index < -0.39 is 5.95 Å². The Morgan fingerprint density at radius 3 is 2.57 bits per heavy atom. The largest absolute Gasteiger partial charge is 0.404 e. The molecule has 4 N–H and O–H groups in total. The molecule has 1 aliphatic heterocycles. The minimum absolute atomic E-state index is 0.0239. The van der Waals surface area contributed by atoms with Crippen molar-refractivity contribution in [2.75, 3.05) is 52.2 Å². The zero-order valence-corrected chi connectivity index (χ0v) is 21.6. The fraction of sp³-hybridized carbons (Fsp3) is 0.370. The van der Waals surface area contributed by atoms with Crippen LogP contribution in [0.3, 0.4) is 0 Å². The van der Waals surface area contributed by atoms with Crippen molar-refractivity contribution in [3.8, 4) is 17.2 Å². The van der Waals surface area contributed by atoms with Gasteiger partial charge in [0, 0.05) is 73.5 Å². The number of benzene rings is 1. The van der Waals surface area contributed by atoms with Gasteiger partial charge in [0.15, 0.2) is 0 Å². The zero-order chi connectivity index (χ0) is 26.9. The highest BCUT2D eigenvalue weighted by molar-refractivity contribution is 6.11. The Morgan fingerprint density at radius 1 is 1.27 bits per heavy atom. The number of rotatable bonds is 9. The number of piperidine rings is 1. The number of nitrogens with one attached hydrogen (secondary N) is 2. The van der Waals surface area contributed by atoms with E-state index in [-0.39, 0.29) is 5.92 Å². The van der Waals surface area contributed by atoms with Crippen LogP contribution in [0, 0.1) is 34.0 Å². The van der Waals surface area contributed by atoms with Crippen LogP contribution in [0.4, 0.5) is 10.1 Å². The Hall–Kier alpha value is -4.10. The van der Waals surface area contributed by atoms with E-state index in [1.165, 1.54) is 23.4 Å². The van der Waals surface area contributed by atoms with Crippen LogP contribution >= 0.6 is 0 Å². The number of hydrogen-bond acceptors (Lipinski definition) is 8. The van der Waals surface area contributed by atoms with Crippen molar-refractivity contribution in [2.45, 2.75) is 12.8 Å². The first kappa shape index (κ1) is 27.5. The molecular formula is C27H34FN9. The molecular weight excluding hydrogens is 469 g/mol. The topological polar surface area (TPSA) is 132 Å². The average Bonchev–Trinajstić information content (AvgIpc) is 2.92. The Bertz CT molecular complexity index is 1200. The molecule has 2 heterocycles. The third-order valence-electron chi connectivity index (χ3n) is 6.50. The predicted octanol–water partition coefficient (Wildman–Crippen LogP) is 3.42. The van der Waals surface area contributed by atoms with Gasteiger partial charge in [-0.3, -0.25) is 15.8 Å². The van der Waals surface area contributed by atoms with E-state index in [1.807, 2.05) is 31.1 Å². The Kier molecular flexibility index (Phi) is 9.46. The Morgan fingerprint density at radius 2 is 2.00 bits per heavy atom. The van der Waals surface area contributed by atoms with Gasteiger partial charge in [0.2, 0.25) is 5.95 Å². The molecule has 1 aliphatic rings. The second-order valence-corrected chi connectivity index (χ2v) is 9.21. The molecule has 0 unspecified atom stereocenters. The number of nitriles is 1. The molecule has 1 fully saturated rings. The summed E-state index contributed by atoms with van der Waals surface area (Å²) in [5.41, 5.74) is 9.97. The highest BCUT2D eigenvalue weighted by Gasteiger charge is 2.28. The number of nitrogens with two attached hydrogens (primary N) is 1. The summed E-state index contributed by atoms with van der Waals surface area (Å²) in [6.45, 7) is 2.63. The van der Waals surface area contributed by atoms with Gasteiger partial charge in [-0.1, -0.05) is 12.1 Å². The van der Waals surface area contributed by atoms with E-state index >= 15 is 0 Å². The van der Waals surface area contributed by atoms with Crippen molar-refractivity contribution in [3.63, 3.8) is 0 Å². The van der Waals surface area contributed by atoms with Gasteiger partial charge >= 0.3 is 0 Å². The van der Waals surface area contributed by atoms with Gasteiger partial charge in [-0.05, 0) is 39.1 Å². The van der Waals surface area contributed by atoms with Crippen LogP contribution in [-0.2, 0) is 0 Å². The summed E-state index contributed by atoms with van der Waals surface area (Å²) in [6.07, 6.45) is 7.19. The minimum Gasteiger partial charge on any atom is -0.404 e. The number of nitrogens with zero attached hydrogens (tertiary/aromatic N) is 6. The molecule has 0 bridgehead atoms. The van der Waals surface area contributed by atoms with Crippen molar-refractivity contribution < 1.29 is 4.39 Å². The zero-order valence-electron chi connectivity index (χ0n) is 21.6. The van der Waals surface area contributed by atoms with E-state index in [1.54, 1.807) is 19.3 Å². The average molecular weight is 504 g/mol. The maximum Gasteiger partial charge on any atom is 0.212 e. The molecule has 37 heavy (non-hydrogen) atoms. The van der Waals surface area contributed by atoms with Gasteiger partial charge in [0.25, 0.3) is 0 Å². The first-order valence-electron chi connectivity index (χ1n) is 12.1. The molecule has 0 aliphatic carbocycles. The highest BCUT2D eigenvalue weighted by Crippen LogP contribution is 2.39. The van der Waals surface area contributed by atoms with Crippen molar-refractivity contribution in [2.24, 2.45) is 16.6 Å². The van der Waals surface area contributed by atoms with E-state index in [0.717, 1.165) is 24.1 Å². The lowest BCUT2D eigenvalue weighted by molar-refractivity contribution is 0.421. The van der Waals surface area contributed by atoms with Crippen LogP contribution in [0.1, 0.15) is 24.0 Å². The quantitative estimate of drug-likeness (QED) is 0.273. The lowest BCUT2D eigenvalue weighted by Crippen LogP contribution is -2.41. The standard InChI is InChI=1S/C27H34FN9/c1-35(2)13-10-33-16-21(14-29)22-5-6-23(20-4-7-25(28)34-17-20)26(24(22)15-30)37-11-8-19(9-12-37)27(32)36(3)18-31/h4-7,14,16-19,31-32H,8-13,29H2,1-3H3/b21-14+,31-18?,32-27?,33-16?. The van der Waals surface area contributed by atoms with Gasteiger partial charge < -0.3 is 20.4 Å². The van der Waals surface area contributed by atoms with E-state index in [0.29, 0.717) is 60.6 Å². The second-order valence-electron chi connectivity index (χ2n) is 9.21. The number of allylic oxidation sites excluding steroid dienone is 1. The van der Waals surface area contributed by atoms with Crippen molar-refractivity contribution in [1.82, 2.24) is 14.8 Å². The number of halogens is 1. The molecule has 0 amide bonds. The lowest BCUT2D eigenvalue weighted by atomic mass is 9.90. The molecule has 3 rings (SSSR count). The number of aromatic nitrogens is 1. The van der Waals surface area contributed by atoms with E-state index in [9.17, 15) is 9.65 Å². The summed E-state index contributed by atoms with van der Waals surface area (Å²) in [7, 11) is 5.66. The van der Waals surface area contributed by atoms with Crippen molar-refractivity contribution in [3.05, 3.63) is 53.7 Å². The summed E-state index contributed by atoms with van der Waals surface area (Å²) in [4.78, 5) is 14.0. The molecule has 194 valence electrons.